The third-order valence-electron chi connectivity index (χ3n) is 5.00. The van der Waals surface area contributed by atoms with Crippen LogP contribution in [0.3, 0.4) is 0 Å². The zero-order chi connectivity index (χ0) is 24.1. The Balaban J connectivity index is 1.69. The van der Waals surface area contributed by atoms with Crippen LogP contribution in [-0.2, 0) is 4.79 Å². The van der Waals surface area contributed by atoms with Crippen LogP contribution in [0.2, 0.25) is 5.02 Å². The molecular weight excluding hydrogens is 454 g/mol. The standard InChI is InChI=1S/C25H24ClN5O3/c1-31(2)12-4-7-22(32)29-18-10-9-17-23(24(18)26)25(28-15-27-17)30-19-14-16(8-11-21(19)33-3)20-6-5-13-34-20/h4-11,13-15H,12H2,1-3H3,(H,29,32)(H,27,28,30)/b7-4+. The molecule has 0 atom stereocenters. The number of nitrogens with zero attached hydrogens (tertiary/aromatic N) is 3. The van der Waals surface area contributed by atoms with Crippen LogP contribution in [0.1, 0.15) is 0 Å². The van der Waals surface area contributed by atoms with Gasteiger partial charge in [-0.1, -0.05) is 17.7 Å². The Hall–Kier alpha value is -3.88. The van der Waals surface area contributed by atoms with Crippen molar-refractivity contribution in [1.82, 2.24) is 14.9 Å². The number of anilines is 3. The number of hydrogen-bond donors (Lipinski definition) is 2. The molecule has 2 aromatic heterocycles. The molecule has 1 amide bonds. The van der Waals surface area contributed by atoms with Gasteiger partial charge >= 0.3 is 0 Å². The van der Waals surface area contributed by atoms with E-state index >= 15 is 0 Å². The molecule has 9 heteroatoms. The molecule has 0 aliphatic heterocycles. The molecule has 8 nitrogen and oxygen atoms in total. The Kier molecular flexibility index (Phi) is 7.10. The van der Waals surface area contributed by atoms with Crippen LogP contribution in [-0.4, -0.2) is 48.5 Å². The summed E-state index contributed by atoms with van der Waals surface area (Å²) in [4.78, 5) is 23.0. The number of halogens is 1. The highest BCUT2D eigenvalue weighted by Gasteiger charge is 2.15. The number of methoxy groups -OCH3 is 1. The molecule has 0 aliphatic rings. The lowest BCUT2D eigenvalue weighted by Gasteiger charge is -2.15. The van der Waals surface area contributed by atoms with E-state index in [0.29, 0.717) is 45.4 Å². The quantitative estimate of drug-likeness (QED) is 0.330. The topological polar surface area (TPSA) is 92.5 Å². The summed E-state index contributed by atoms with van der Waals surface area (Å²) in [6, 6.07) is 12.9. The van der Waals surface area contributed by atoms with Crippen LogP contribution < -0.4 is 15.4 Å². The van der Waals surface area contributed by atoms with E-state index in [1.165, 1.54) is 12.4 Å². The van der Waals surface area contributed by atoms with Gasteiger partial charge in [0.2, 0.25) is 5.91 Å². The van der Waals surface area contributed by atoms with Gasteiger partial charge in [0, 0.05) is 18.2 Å². The first kappa shape index (κ1) is 23.3. The molecule has 0 bridgehead atoms. The molecule has 0 saturated heterocycles. The molecule has 2 N–H and O–H groups in total. The maximum Gasteiger partial charge on any atom is 0.248 e. The number of nitrogens with one attached hydrogen (secondary N) is 2. The number of carbonyl (C=O) groups is 1. The van der Waals surface area contributed by atoms with Gasteiger partial charge in [-0.15, -0.1) is 0 Å². The van der Waals surface area contributed by atoms with Crippen molar-refractivity contribution in [1.29, 1.82) is 0 Å². The number of rotatable bonds is 8. The Morgan fingerprint density at radius 1 is 1.18 bits per heavy atom. The van der Waals surface area contributed by atoms with E-state index in [1.54, 1.807) is 31.6 Å². The van der Waals surface area contributed by atoms with Crippen LogP contribution in [0.15, 0.2) is 71.6 Å². The second-order valence-corrected chi connectivity index (χ2v) is 8.09. The number of likely N-dealkylation sites (N-methyl/N-ethyl adjacent to an activating group) is 1. The summed E-state index contributed by atoms with van der Waals surface area (Å²) in [5.74, 6) is 1.55. The number of benzene rings is 2. The lowest BCUT2D eigenvalue weighted by Crippen LogP contribution is -2.13. The molecule has 0 radical (unpaired) electrons. The SMILES string of the molecule is COc1ccc(-c2ccco2)cc1Nc1ncnc2ccc(NC(=O)/C=C/CN(C)C)c(Cl)c12. The van der Waals surface area contributed by atoms with E-state index < -0.39 is 0 Å². The Morgan fingerprint density at radius 3 is 2.76 bits per heavy atom. The zero-order valence-corrected chi connectivity index (χ0v) is 19.8. The first-order valence-corrected chi connectivity index (χ1v) is 10.9. The van der Waals surface area contributed by atoms with Gasteiger partial charge in [-0.25, -0.2) is 9.97 Å². The lowest BCUT2D eigenvalue weighted by atomic mass is 10.1. The third kappa shape index (κ3) is 5.19. The van der Waals surface area contributed by atoms with Crippen molar-refractivity contribution in [2.75, 3.05) is 38.4 Å². The van der Waals surface area contributed by atoms with E-state index in [9.17, 15) is 4.79 Å². The fourth-order valence-electron chi connectivity index (χ4n) is 3.38. The van der Waals surface area contributed by atoms with Crippen molar-refractivity contribution < 1.29 is 13.9 Å². The summed E-state index contributed by atoms with van der Waals surface area (Å²) < 4.78 is 11.0. The number of amides is 1. The molecule has 4 rings (SSSR count). The molecule has 0 aliphatic carbocycles. The summed E-state index contributed by atoms with van der Waals surface area (Å²) in [5.41, 5.74) is 2.64. The van der Waals surface area contributed by atoms with E-state index in [1.807, 2.05) is 49.3 Å². The average Bonchev–Trinajstić information content (AvgIpc) is 3.36. The monoisotopic (exact) mass is 477 g/mol. The van der Waals surface area contributed by atoms with Gasteiger partial charge in [0.1, 0.15) is 23.7 Å². The molecule has 0 spiro atoms. The van der Waals surface area contributed by atoms with E-state index in [2.05, 4.69) is 20.6 Å². The molecule has 34 heavy (non-hydrogen) atoms. The van der Waals surface area contributed by atoms with E-state index in [-0.39, 0.29) is 5.91 Å². The number of aromatic nitrogens is 2. The van der Waals surface area contributed by atoms with E-state index in [0.717, 1.165) is 11.3 Å². The Bertz CT molecular complexity index is 1340. The number of hydrogen-bond acceptors (Lipinski definition) is 7. The second kappa shape index (κ2) is 10.4. The fourth-order valence-corrected chi connectivity index (χ4v) is 3.67. The minimum Gasteiger partial charge on any atom is -0.495 e. The summed E-state index contributed by atoms with van der Waals surface area (Å²) in [6.07, 6.45) is 6.33. The second-order valence-electron chi connectivity index (χ2n) is 7.71. The molecule has 174 valence electrons. The first-order valence-electron chi connectivity index (χ1n) is 10.5. The maximum atomic E-state index is 12.3. The number of furan rings is 1. The molecule has 2 heterocycles. The van der Waals surface area contributed by atoms with Gasteiger partial charge in [0.25, 0.3) is 0 Å². The van der Waals surface area contributed by atoms with Gasteiger partial charge in [0.05, 0.1) is 40.7 Å². The summed E-state index contributed by atoms with van der Waals surface area (Å²) >= 11 is 6.71. The van der Waals surface area contributed by atoms with Crippen molar-refractivity contribution in [3.8, 4) is 17.1 Å². The minimum absolute atomic E-state index is 0.276. The van der Waals surface area contributed by atoms with Crippen molar-refractivity contribution in [2.24, 2.45) is 0 Å². The molecule has 0 unspecified atom stereocenters. The molecular formula is C25H24ClN5O3. The predicted molar refractivity (Wildman–Crippen MR) is 135 cm³/mol. The minimum atomic E-state index is -0.276. The van der Waals surface area contributed by atoms with Gasteiger partial charge in [-0.3, -0.25) is 4.79 Å². The van der Waals surface area contributed by atoms with Crippen LogP contribution >= 0.6 is 11.6 Å². The van der Waals surface area contributed by atoms with Crippen molar-refractivity contribution in [2.45, 2.75) is 0 Å². The van der Waals surface area contributed by atoms with Gasteiger partial charge in [-0.05, 0) is 56.6 Å². The maximum absolute atomic E-state index is 12.3. The van der Waals surface area contributed by atoms with Crippen LogP contribution in [0.5, 0.6) is 5.75 Å². The lowest BCUT2D eigenvalue weighted by molar-refractivity contribution is -0.111. The Labute approximate surface area is 202 Å². The molecule has 0 saturated carbocycles. The predicted octanol–water partition coefficient (Wildman–Crippen LogP) is 5.35. The fraction of sp³-hybridized carbons (Fsp3) is 0.160. The van der Waals surface area contributed by atoms with Crippen LogP contribution in [0.25, 0.3) is 22.2 Å². The van der Waals surface area contributed by atoms with Gasteiger partial charge < -0.3 is 24.7 Å². The third-order valence-corrected chi connectivity index (χ3v) is 5.39. The highest BCUT2D eigenvalue weighted by molar-refractivity contribution is 6.39. The summed E-state index contributed by atoms with van der Waals surface area (Å²) in [5, 5.41) is 7.03. The van der Waals surface area contributed by atoms with Crippen molar-refractivity contribution in [3.05, 3.63) is 72.2 Å². The molecule has 2 aromatic carbocycles. The van der Waals surface area contributed by atoms with Crippen LogP contribution in [0, 0.1) is 0 Å². The van der Waals surface area contributed by atoms with Crippen molar-refractivity contribution >= 4 is 45.6 Å². The zero-order valence-electron chi connectivity index (χ0n) is 19.0. The summed E-state index contributed by atoms with van der Waals surface area (Å²) in [6.45, 7) is 0.652. The highest BCUT2D eigenvalue weighted by atomic mass is 35.5. The van der Waals surface area contributed by atoms with E-state index in [4.69, 9.17) is 20.8 Å². The summed E-state index contributed by atoms with van der Waals surface area (Å²) in [7, 11) is 5.45. The highest BCUT2D eigenvalue weighted by Crippen LogP contribution is 2.38. The smallest absolute Gasteiger partial charge is 0.248 e. The number of ether oxygens (including phenoxy) is 1. The number of carbonyl (C=O) groups excluding carboxylic acids is 1. The molecule has 4 aromatic rings. The average molecular weight is 478 g/mol. The first-order chi connectivity index (χ1) is 16.5. The Morgan fingerprint density at radius 2 is 2.03 bits per heavy atom. The van der Waals surface area contributed by atoms with Crippen molar-refractivity contribution in [3.63, 3.8) is 0 Å². The number of fused-ring (bicyclic) bond motifs is 1. The molecule has 0 fully saturated rings. The van der Waals surface area contributed by atoms with Crippen LogP contribution in [0.4, 0.5) is 17.2 Å². The normalized spacial score (nSPS) is 11.3. The largest absolute Gasteiger partial charge is 0.495 e. The van der Waals surface area contributed by atoms with Gasteiger partial charge in [0.15, 0.2) is 0 Å². The van der Waals surface area contributed by atoms with Gasteiger partial charge in [-0.2, -0.15) is 0 Å².